The summed E-state index contributed by atoms with van der Waals surface area (Å²) >= 11 is 1.77. The van der Waals surface area contributed by atoms with Gasteiger partial charge in [0, 0.05) is 43.0 Å². The van der Waals surface area contributed by atoms with Gasteiger partial charge in [0.1, 0.15) is 6.10 Å². The largest absolute Gasteiger partial charge is 0.383 e. The Labute approximate surface area is 158 Å². The molecule has 2 unspecified atom stereocenters. The lowest BCUT2D eigenvalue weighted by Crippen LogP contribution is -2.51. The molecule has 1 amide bonds. The Kier molecular flexibility index (Phi) is 4.41. The number of thiazole rings is 1. The molecule has 2 saturated heterocycles. The molecule has 2 N–H and O–H groups in total. The number of piperazine rings is 1. The monoisotopic (exact) mass is 376 g/mol. The molecule has 0 aromatic carbocycles. The van der Waals surface area contributed by atoms with Crippen LogP contribution in [0.5, 0.6) is 0 Å². The topological polar surface area (TPSA) is 68.7 Å². The van der Waals surface area contributed by atoms with E-state index in [1.165, 1.54) is 23.4 Å². The van der Waals surface area contributed by atoms with E-state index in [0.29, 0.717) is 25.2 Å². The number of amides is 1. The summed E-state index contributed by atoms with van der Waals surface area (Å²) < 4.78 is 0. The van der Waals surface area contributed by atoms with Crippen LogP contribution >= 0.6 is 11.3 Å². The number of fused-ring (bicyclic) bond motifs is 3. The molecular weight excluding hydrogens is 348 g/mol. The number of carbonyl (C=O) groups excluding carboxylic acids is 1. The Morgan fingerprint density at radius 1 is 1.19 bits per heavy atom. The van der Waals surface area contributed by atoms with Gasteiger partial charge < -0.3 is 20.2 Å². The molecule has 7 heteroatoms. The molecule has 0 spiro atoms. The summed E-state index contributed by atoms with van der Waals surface area (Å²) in [6.07, 6.45) is 6.77. The Balaban J connectivity index is 1.30. The molecule has 1 aliphatic carbocycles. The average Bonchev–Trinajstić information content (AvgIpc) is 3.37. The zero-order valence-corrected chi connectivity index (χ0v) is 16.0. The lowest BCUT2D eigenvalue weighted by Gasteiger charge is -2.35. The van der Waals surface area contributed by atoms with E-state index in [9.17, 15) is 9.90 Å². The van der Waals surface area contributed by atoms with Crippen molar-refractivity contribution in [3.05, 3.63) is 10.6 Å². The summed E-state index contributed by atoms with van der Waals surface area (Å²) in [5, 5.41) is 15.2. The standard InChI is InChI=1S/C19H28N4O2S/c24-17(12-3-1-2-4-12)18(25)22-8-7-15-16(11-22)26-19(21-15)23-13-5-6-14(23)10-20-9-13/h12-14,17,20,24H,1-11H2/t13?,14?,17-/m0/s1. The van der Waals surface area contributed by atoms with Crippen LogP contribution in [0.2, 0.25) is 0 Å². The van der Waals surface area contributed by atoms with Crippen LogP contribution < -0.4 is 10.2 Å². The van der Waals surface area contributed by atoms with Crippen LogP contribution in [0.1, 0.15) is 49.1 Å². The number of carbonyl (C=O) groups is 1. The summed E-state index contributed by atoms with van der Waals surface area (Å²) in [6.45, 7) is 3.42. The highest BCUT2D eigenvalue weighted by atomic mass is 32.1. The quantitative estimate of drug-likeness (QED) is 0.837. The van der Waals surface area contributed by atoms with Gasteiger partial charge in [-0.2, -0.15) is 0 Å². The third-order valence-electron chi connectivity index (χ3n) is 6.73. The van der Waals surface area contributed by atoms with Gasteiger partial charge in [0.05, 0.1) is 12.2 Å². The van der Waals surface area contributed by atoms with Crippen molar-refractivity contribution < 1.29 is 9.90 Å². The number of hydrogen-bond donors (Lipinski definition) is 2. The van der Waals surface area contributed by atoms with Gasteiger partial charge in [-0.05, 0) is 31.6 Å². The minimum atomic E-state index is -0.810. The fourth-order valence-corrected chi connectivity index (χ4v) is 6.50. The molecule has 5 rings (SSSR count). The SMILES string of the molecule is O=C([C@@H](O)C1CCCC1)N1CCc2nc(N3C4CCC3CNC4)sc2C1. The lowest BCUT2D eigenvalue weighted by molar-refractivity contribution is -0.143. The number of aliphatic hydroxyl groups excluding tert-OH is 1. The van der Waals surface area contributed by atoms with Crippen LogP contribution in [-0.2, 0) is 17.8 Å². The van der Waals surface area contributed by atoms with Gasteiger partial charge in [-0.1, -0.05) is 24.2 Å². The smallest absolute Gasteiger partial charge is 0.252 e. The first-order valence-electron chi connectivity index (χ1n) is 10.1. The summed E-state index contributed by atoms with van der Waals surface area (Å²) in [4.78, 5) is 23.3. The molecule has 4 aliphatic rings. The molecule has 1 aromatic heterocycles. The van der Waals surface area contributed by atoms with Gasteiger partial charge in [-0.3, -0.25) is 4.79 Å². The van der Waals surface area contributed by atoms with E-state index in [4.69, 9.17) is 4.98 Å². The Morgan fingerprint density at radius 3 is 2.65 bits per heavy atom. The highest BCUT2D eigenvalue weighted by Gasteiger charge is 2.39. The number of rotatable bonds is 3. The van der Waals surface area contributed by atoms with Crippen LogP contribution in [-0.4, -0.2) is 58.7 Å². The van der Waals surface area contributed by atoms with Crippen molar-refractivity contribution >= 4 is 22.4 Å². The minimum absolute atomic E-state index is 0.0697. The fraction of sp³-hybridized carbons (Fsp3) is 0.789. The van der Waals surface area contributed by atoms with Crippen molar-refractivity contribution in [2.75, 3.05) is 24.5 Å². The van der Waals surface area contributed by atoms with E-state index >= 15 is 0 Å². The number of anilines is 1. The number of aromatic nitrogens is 1. The summed E-state index contributed by atoms with van der Waals surface area (Å²) in [5.74, 6) is 0.0946. The normalized spacial score (nSPS) is 29.9. The van der Waals surface area contributed by atoms with E-state index in [0.717, 1.165) is 50.3 Å². The Morgan fingerprint density at radius 2 is 1.92 bits per heavy atom. The first kappa shape index (κ1) is 17.0. The average molecular weight is 377 g/mol. The van der Waals surface area contributed by atoms with Crippen LogP contribution in [0.25, 0.3) is 0 Å². The van der Waals surface area contributed by atoms with Gasteiger partial charge in [0.2, 0.25) is 0 Å². The van der Waals surface area contributed by atoms with Crippen LogP contribution in [0.3, 0.4) is 0 Å². The van der Waals surface area contributed by atoms with E-state index in [1.807, 2.05) is 4.90 Å². The van der Waals surface area contributed by atoms with Crippen molar-refractivity contribution in [1.29, 1.82) is 0 Å². The first-order valence-corrected chi connectivity index (χ1v) is 11.0. The highest BCUT2D eigenvalue weighted by molar-refractivity contribution is 7.15. The third kappa shape index (κ3) is 2.84. The van der Waals surface area contributed by atoms with Crippen molar-refractivity contribution in [2.24, 2.45) is 5.92 Å². The van der Waals surface area contributed by atoms with Crippen LogP contribution in [0.15, 0.2) is 0 Å². The molecule has 1 saturated carbocycles. The predicted octanol–water partition coefficient (Wildman–Crippen LogP) is 1.52. The molecule has 0 radical (unpaired) electrons. The van der Waals surface area contributed by atoms with E-state index in [-0.39, 0.29) is 11.8 Å². The van der Waals surface area contributed by atoms with E-state index in [1.54, 1.807) is 11.3 Å². The van der Waals surface area contributed by atoms with Crippen molar-refractivity contribution in [2.45, 2.75) is 69.7 Å². The number of nitrogens with zero attached hydrogens (tertiary/aromatic N) is 3. The van der Waals surface area contributed by atoms with Gasteiger partial charge in [0.15, 0.2) is 5.13 Å². The second-order valence-electron chi connectivity index (χ2n) is 8.32. The summed E-state index contributed by atoms with van der Waals surface area (Å²) in [5.41, 5.74) is 1.17. The zero-order valence-electron chi connectivity index (χ0n) is 15.2. The maximum atomic E-state index is 12.8. The molecule has 3 aliphatic heterocycles. The van der Waals surface area contributed by atoms with Gasteiger partial charge in [0.25, 0.3) is 5.91 Å². The summed E-state index contributed by atoms with van der Waals surface area (Å²) in [7, 11) is 0. The van der Waals surface area contributed by atoms with Crippen molar-refractivity contribution in [3.63, 3.8) is 0 Å². The molecular formula is C19H28N4O2S. The molecule has 142 valence electrons. The van der Waals surface area contributed by atoms with Crippen LogP contribution in [0, 0.1) is 5.92 Å². The molecule has 6 nitrogen and oxygen atoms in total. The number of nitrogens with one attached hydrogen (secondary N) is 1. The minimum Gasteiger partial charge on any atom is -0.383 e. The van der Waals surface area contributed by atoms with E-state index in [2.05, 4.69) is 10.2 Å². The van der Waals surface area contributed by atoms with Gasteiger partial charge >= 0.3 is 0 Å². The predicted molar refractivity (Wildman–Crippen MR) is 101 cm³/mol. The van der Waals surface area contributed by atoms with Gasteiger partial charge in [-0.15, -0.1) is 0 Å². The summed E-state index contributed by atoms with van der Waals surface area (Å²) in [6, 6.07) is 1.14. The third-order valence-corrected chi connectivity index (χ3v) is 7.83. The highest BCUT2D eigenvalue weighted by Crippen LogP contribution is 2.38. The second-order valence-corrected chi connectivity index (χ2v) is 9.38. The maximum Gasteiger partial charge on any atom is 0.252 e. The molecule has 2 bridgehead atoms. The molecule has 3 atom stereocenters. The van der Waals surface area contributed by atoms with Crippen molar-refractivity contribution in [1.82, 2.24) is 15.2 Å². The van der Waals surface area contributed by atoms with Crippen molar-refractivity contribution in [3.8, 4) is 0 Å². The van der Waals surface area contributed by atoms with E-state index < -0.39 is 6.10 Å². The molecule has 1 aromatic rings. The zero-order chi connectivity index (χ0) is 17.7. The van der Waals surface area contributed by atoms with Gasteiger partial charge in [-0.25, -0.2) is 4.98 Å². The Hall–Kier alpha value is -1.18. The lowest BCUT2D eigenvalue weighted by atomic mass is 9.99. The number of hydrogen-bond acceptors (Lipinski definition) is 6. The molecule has 26 heavy (non-hydrogen) atoms. The maximum absolute atomic E-state index is 12.8. The number of aliphatic hydroxyl groups is 1. The Bertz CT molecular complexity index is 671. The first-order chi connectivity index (χ1) is 12.7. The molecule has 4 heterocycles. The fourth-order valence-electron chi connectivity index (χ4n) is 5.23. The van der Waals surface area contributed by atoms with Crippen LogP contribution in [0.4, 0.5) is 5.13 Å². The second kappa shape index (κ2) is 6.77. The molecule has 3 fully saturated rings.